The van der Waals surface area contributed by atoms with E-state index in [1.54, 1.807) is 23.5 Å². The van der Waals surface area contributed by atoms with Crippen LogP contribution in [0.4, 0.5) is 17.6 Å². The summed E-state index contributed by atoms with van der Waals surface area (Å²) in [5, 5.41) is 30.8. The summed E-state index contributed by atoms with van der Waals surface area (Å²) < 4.78 is 81.8. The Bertz CT molecular complexity index is 4640. The number of benzene rings is 4. The topological polar surface area (TPSA) is 138 Å². The molecule has 4 aromatic heterocycles. The number of rotatable bonds is 30. The third kappa shape index (κ3) is 14.8. The van der Waals surface area contributed by atoms with Gasteiger partial charge in [0.25, 0.3) is 5.70 Å². The van der Waals surface area contributed by atoms with E-state index in [-0.39, 0.29) is 56.4 Å². The second-order valence-electron chi connectivity index (χ2n) is 25.9. The molecule has 0 N–H and O–H groups in total. The van der Waals surface area contributed by atoms with Crippen molar-refractivity contribution in [1.82, 2.24) is 0 Å². The highest BCUT2D eigenvalue weighted by molar-refractivity contribution is 7.29. The molecule has 0 saturated carbocycles. The Balaban J connectivity index is 1.14. The number of nitriles is 3. The van der Waals surface area contributed by atoms with Gasteiger partial charge in [-0.25, -0.2) is 27.7 Å². The van der Waals surface area contributed by atoms with Gasteiger partial charge >= 0.3 is 0 Å². The molecule has 5 heterocycles. The number of fused-ring (bicyclic) bond motifs is 5. The summed E-state index contributed by atoms with van der Waals surface area (Å²) in [4.78, 5) is 38.2. The molecule has 17 heteroatoms. The van der Waals surface area contributed by atoms with Gasteiger partial charge in [-0.1, -0.05) is 167 Å². The van der Waals surface area contributed by atoms with Crippen molar-refractivity contribution < 1.29 is 41.4 Å². The van der Waals surface area contributed by atoms with Crippen molar-refractivity contribution in [2.75, 3.05) is 13.2 Å². The molecular weight excluding hydrogens is 1340 g/mol. The van der Waals surface area contributed by atoms with E-state index < -0.39 is 51.7 Å². The van der Waals surface area contributed by atoms with E-state index >= 15 is 8.78 Å². The molecule has 2 unspecified atom stereocenters. The summed E-state index contributed by atoms with van der Waals surface area (Å²) in [6, 6.07) is 34.5. The minimum Gasteiger partial charge on any atom is -0.492 e. The molecule has 11 rings (SSSR count). The van der Waals surface area contributed by atoms with E-state index in [9.17, 15) is 34.2 Å². The molecule has 2 aliphatic carbocycles. The van der Waals surface area contributed by atoms with Crippen LogP contribution in [0.2, 0.25) is 0 Å². The van der Waals surface area contributed by atoms with Gasteiger partial charge < -0.3 is 14.2 Å². The largest absolute Gasteiger partial charge is 0.492 e. The highest BCUT2D eigenvalue weighted by Gasteiger charge is 2.48. The lowest BCUT2D eigenvalue weighted by Gasteiger charge is -2.39. The third-order valence-electron chi connectivity index (χ3n) is 19.2. The summed E-state index contributed by atoms with van der Waals surface area (Å²) in [7, 11) is 0. The molecule has 0 saturated heterocycles. The van der Waals surface area contributed by atoms with Crippen LogP contribution in [0.3, 0.4) is 0 Å². The van der Waals surface area contributed by atoms with Crippen LogP contribution < -0.4 is 14.2 Å². The number of halogens is 4. The standard InChI is InChI=1S/C83H78F4N4O5S4/c1-8-14-18-20-24-51-26-30-54(31-27-51)83(55-32-28-52(29-33-55)25-21-19-15-9-2)64-42-73(80-70(94-47-49(12-5)22-16-10-3)36-56(97-80)34-62-75(53(44-88)45-89)58-38-65(84)67(86)40-60(58)77(62)92)99-79(64)82-72(96-83)43-74(100-82)81-71(95-48-50(13-6)23-17-11-4)37-57(98-81)35-63-76(69(46-90)91-7)59-39-66(85)68(87)41-61(59)78(63)93/h26-43,49-50H,8-25,47-48H2,1-6H3/b62-34-,63-35-,76-69+. The van der Waals surface area contributed by atoms with Gasteiger partial charge in [-0.05, 0) is 127 Å². The Morgan fingerprint density at radius 1 is 0.530 bits per heavy atom. The summed E-state index contributed by atoms with van der Waals surface area (Å²) in [5.41, 5.74) is 2.30. The van der Waals surface area contributed by atoms with Crippen molar-refractivity contribution in [3.63, 3.8) is 0 Å². The first kappa shape index (κ1) is 72.3. The number of unbranched alkanes of at least 4 members (excludes halogenated alkanes) is 8. The van der Waals surface area contributed by atoms with E-state index in [2.05, 4.69) is 101 Å². The number of allylic oxidation sites excluding steroid dienone is 6. The molecule has 3 aliphatic rings. The third-order valence-corrected chi connectivity index (χ3v) is 24.1. The maximum atomic E-state index is 15.1. The van der Waals surface area contributed by atoms with Gasteiger partial charge in [0.1, 0.15) is 35.0 Å². The molecular formula is C83H78F4N4O5S4. The zero-order chi connectivity index (χ0) is 70.8. The predicted molar refractivity (Wildman–Crippen MR) is 396 cm³/mol. The van der Waals surface area contributed by atoms with Crippen LogP contribution in [0, 0.1) is 75.7 Å². The number of hydrogen-bond acceptors (Lipinski definition) is 12. The van der Waals surface area contributed by atoms with Crippen LogP contribution in [-0.4, -0.2) is 24.8 Å². The Morgan fingerprint density at radius 2 is 0.970 bits per heavy atom. The van der Waals surface area contributed by atoms with E-state index in [4.69, 9.17) is 20.8 Å². The van der Waals surface area contributed by atoms with Crippen molar-refractivity contribution in [2.45, 2.75) is 163 Å². The minimum atomic E-state index is -1.27. The van der Waals surface area contributed by atoms with Gasteiger partial charge in [-0.2, -0.15) is 10.5 Å². The van der Waals surface area contributed by atoms with Gasteiger partial charge in [-0.3, -0.25) is 9.59 Å². The average Bonchev–Trinajstić information content (AvgIpc) is 1.47. The summed E-state index contributed by atoms with van der Waals surface area (Å²) >= 11 is 5.78. The maximum absolute atomic E-state index is 15.1. The van der Waals surface area contributed by atoms with Crippen molar-refractivity contribution >= 4 is 80.2 Å². The molecule has 0 amide bonds. The Morgan fingerprint density at radius 3 is 1.41 bits per heavy atom. The van der Waals surface area contributed by atoms with E-state index in [0.29, 0.717) is 40.2 Å². The fourth-order valence-corrected chi connectivity index (χ4v) is 18.3. The van der Waals surface area contributed by atoms with E-state index in [1.807, 2.05) is 36.4 Å². The zero-order valence-corrected chi connectivity index (χ0v) is 60.4. The highest BCUT2D eigenvalue weighted by Crippen LogP contribution is 2.62. The van der Waals surface area contributed by atoms with Crippen molar-refractivity contribution in [3.05, 3.63) is 214 Å². The second kappa shape index (κ2) is 32.6. The van der Waals surface area contributed by atoms with Crippen LogP contribution >= 0.6 is 45.3 Å². The summed E-state index contributed by atoms with van der Waals surface area (Å²) in [6.45, 7) is 21.7. The van der Waals surface area contributed by atoms with Crippen LogP contribution in [0.25, 0.3) is 57.4 Å². The highest BCUT2D eigenvalue weighted by atomic mass is 32.1. The second-order valence-corrected chi connectivity index (χ2v) is 30.2. The van der Waals surface area contributed by atoms with E-state index in [1.165, 1.54) is 45.1 Å². The number of carbonyl (C=O) groups is 2. The molecule has 2 atom stereocenters. The Hall–Kier alpha value is -8.94. The summed E-state index contributed by atoms with van der Waals surface area (Å²) in [5.74, 6) is -4.11. The number of hydrogen-bond donors (Lipinski definition) is 0. The number of thiophene rings is 4. The van der Waals surface area contributed by atoms with Gasteiger partial charge in [0.2, 0.25) is 0 Å². The number of carbonyl (C=O) groups excluding carboxylic acids is 2. The molecule has 0 radical (unpaired) electrons. The molecule has 4 aromatic carbocycles. The normalized spacial score (nSPS) is 15.3. The van der Waals surface area contributed by atoms with Gasteiger partial charge in [0, 0.05) is 70.8 Å². The summed E-state index contributed by atoms with van der Waals surface area (Å²) in [6.07, 6.45) is 21.6. The number of nitrogens with zero attached hydrogens (tertiary/aromatic N) is 4. The lowest BCUT2D eigenvalue weighted by Crippen LogP contribution is -2.37. The lowest BCUT2D eigenvalue weighted by atomic mass is 9.78. The zero-order valence-electron chi connectivity index (χ0n) is 57.2. The maximum Gasteiger partial charge on any atom is 0.270 e. The number of Topliss-reactive ketones (excluding diaryl/α,β-unsaturated/α-hetero) is 2. The van der Waals surface area contributed by atoms with Crippen LogP contribution in [-0.2, 0) is 18.4 Å². The van der Waals surface area contributed by atoms with Crippen LogP contribution in [0.5, 0.6) is 17.2 Å². The number of ether oxygens (including phenoxy) is 3. The monoisotopic (exact) mass is 1410 g/mol. The molecule has 512 valence electrons. The quantitative estimate of drug-likeness (QED) is 0.0143. The molecule has 0 spiro atoms. The minimum absolute atomic E-state index is 0.0354. The SMILES string of the molecule is [C-]#[N+]/C(C#N)=C1/C(=C/c2cc(OCC(CC)CCCC)c(-c3cc4c(s3)-c3sc(-c5sc(/C=C6\C(=O)c7cc(F)c(F)cc7C6=C(C#N)C#N)cc5OCC(CC)CCCC)cc3C(c3ccc(CCCCCC)cc3)(c3ccc(CCCCCC)cc3)O4)s2)C(=O)c2cc(F)c(F)cc21. The number of aryl methyl sites for hydroxylation is 2. The Labute approximate surface area is 599 Å². The molecule has 1 aliphatic heterocycles. The lowest BCUT2D eigenvalue weighted by molar-refractivity contribution is 0.103. The fraction of sp³-hybridized carbons (Fsp3) is 0.349. The first-order valence-corrected chi connectivity index (χ1v) is 38.1. The van der Waals surface area contributed by atoms with Crippen molar-refractivity contribution in [1.29, 1.82) is 15.8 Å². The first-order valence-electron chi connectivity index (χ1n) is 34.9. The van der Waals surface area contributed by atoms with Crippen molar-refractivity contribution in [3.8, 4) is 64.7 Å². The fourth-order valence-electron chi connectivity index (χ4n) is 13.5. The Kier molecular flexibility index (Phi) is 23.6. The predicted octanol–water partition coefficient (Wildman–Crippen LogP) is 24.1. The smallest absolute Gasteiger partial charge is 0.270 e. The molecule has 9 nitrogen and oxygen atoms in total. The molecule has 8 aromatic rings. The molecule has 0 fully saturated rings. The van der Waals surface area contributed by atoms with Crippen LogP contribution in [0.1, 0.15) is 214 Å². The van der Waals surface area contributed by atoms with Gasteiger partial charge in [0.05, 0.1) is 50.2 Å². The van der Waals surface area contributed by atoms with E-state index in [0.717, 1.165) is 186 Å². The molecule has 0 bridgehead atoms. The van der Waals surface area contributed by atoms with Crippen molar-refractivity contribution in [2.24, 2.45) is 11.8 Å². The van der Waals surface area contributed by atoms with Gasteiger partial charge in [-0.15, -0.1) is 45.3 Å². The van der Waals surface area contributed by atoms with Gasteiger partial charge in [0.15, 0.2) is 40.4 Å². The molecule has 100 heavy (non-hydrogen) atoms. The number of ketones is 2. The average molecular weight is 1420 g/mol. The van der Waals surface area contributed by atoms with Crippen LogP contribution in [0.15, 0.2) is 119 Å². The first-order chi connectivity index (χ1) is 48.6.